The third-order valence-corrected chi connectivity index (χ3v) is 8.16. The fraction of sp³-hybridized carbons (Fsp3) is 0.345. The summed E-state index contributed by atoms with van der Waals surface area (Å²) in [6.07, 6.45) is -0.610. The molecule has 0 bridgehead atoms. The SMILES string of the molecule is COC(=O)c1c(C)[nH]c2c(OC(=O)N(C)C)cc3c(c12)C(CBr)CN3C(=O)c1cc2cc(OC)c(OC)c(OC)c2[nH]1. The minimum Gasteiger partial charge on any atom is -0.493 e. The summed E-state index contributed by atoms with van der Waals surface area (Å²) in [5.41, 5.74) is 3.49. The van der Waals surface area contributed by atoms with Gasteiger partial charge in [0.25, 0.3) is 5.91 Å². The maximum atomic E-state index is 14.2. The molecule has 1 unspecified atom stereocenters. The lowest BCUT2D eigenvalue weighted by atomic mass is 9.95. The van der Waals surface area contributed by atoms with E-state index in [1.165, 1.54) is 33.3 Å². The highest BCUT2D eigenvalue weighted by Crippen LogP contribution is 2.49. The fourth-order valence-corrected chi connectivity index (χ4v) is 6.00. The maximum absolute atomic E-state index is 14.2. The lowest BCUT2D eigenvalue weighted by Gasteiger charge is -2.19. The monoisotopic (exact) mass is 642 g/mol. The van der Waals surface area contributed by atoms with E-state index in [0.29, 0.717) is 73.6 Å². The molecule has 1 aliphatic heterocycles. The van der Waals surface area contributed by atoms with Gasteiger partial charge in [0.2, 0.25) is 5.75 Å². The number of methoxy groups -OCH3 is 4. The number of esters is 1. The van der Waals surface area contributed by atoms with Crippen LogP contribution in [0.1, 0.15) is 38.0 Å². The second-order valence-electron chi connectivity index (χ2n) is 10.00. The number of H-pyrrole nitrogens is 2. The number of nitrogens with one attached hydrogen (secondary N) is 2. The summed E-state index contributed by atoms with van der Waals surface area (Å²) in [4.78, 5) is 49.1. The zero-order valence-electron chi connectivity index (χ0n) is 24.3. The van der Waals surface area contributed by atoms with E-state index < -0.39 is 12.1 Å². The summed E-state index contributed by atoms with van der Waals surface area (Å²) in [7, 11) is 8.99. The Labute approximate surface area is 249 Å². The number of aromatic amines is 2. The Hall–Kier alpha value is -4.39. The zero-order chi connectivity index (χ0) is 30.5. The Morgan fingerprint density at radius 1 is 0.976 bits per heavy atom. The number of carbonyl (C=O) groups excluding carboxylic acids is 3. The number of benzene rings is 2. The van der Waals surface area contributed by atoms with Crippen LogP contribution in [0.3, 0.4) is 0 Å². The molecule has 2 N–H and O–H groups in total. The van der Waals surface area contributed by atoms with Crippen molar-refractivity contribution in [1.29, 1.82) is 0 Å². The molecule has 5 rings (SSSR count). The van der Waals surface area contributed by atoms with E-state index in [1.54, 1.807) is 44.1 Å². The topological polar surface area (TPSA) is 135 Å². The van der Waals surface area contributed by atoms with E-state index in [2.05, 4.69) is 25.9 Å². The second kappa shape index (κ2) is 11.1. The van der Waals surface area contributed by atoms with Gasteiger partial charge in [-0.15, -0.1) is 0 Å². The first kappa shape index (κ1) is 29.1. The molecule has 2 aromatic heterocycles. The number of hydrogen-bond donors (Lipinski definition) is 2. The number of amides is 2. The molecule has 42 heavy (non-hydrogen) atoms. The van der Waals surface area contributed by atoms with Crippen LogP contribution in [-0.2, 0) is 4.74 Å². The van der Waals surface area contributed by atoms with Crippen LogP contribution in [0.5, 0.6) is 23.0 Å². The number of hydrogen-bond acceptors (Lipinski definition) is 8. The van der Waals surface area contributed by atoms with Crippen LogP contribution >= 0.6 is 15.9 Å². The Bertz CT molecular complexity index is 1740. The lowest BCUT2D eigenvalue weighted by Crippen LogP contribution is -2.30. The van der Waals surface area contributed by atoms with Crippen LogP contribution in [0.15, 0.2) is 18.2 Å². The molecule has 1 aliphatic rings. The van der Waals surface area contributed by atoms with Crippen molar-refractivity contribution in [1.82, 2.24) is 14.9 Å². The molecular formula is C29H31BrN4O8. The van der Waals surface area contributed by atoms with Gasteiger partial charge < -0.3 is 43.5 Å². The number of ether oxygens (including phenoxy) is 5. The standard InChI is InChI=1S/C29H31BrN4O8/c1-13-20(28(36)41-7)22-21-15(11-30)12-34(17(21)10-18(24(22)31-13)42-29(37)33(2)3)27(35)16-8-14-9-19(38-4)25(39-5)26(40-6)23(14)32-16/h8-10,15,31-32H,11-12H2,1-7H3. The van der Waals surface area contributed by atoms with Crippen molar-refractivity contribution in [2.24, 2.45) is 0 Å². The molecule has 0 radical (unpaired) electrons. The number of fused-ring (bicyclic) bond motifs is 4. The molecule has 2 amide bonds. The first-order valence-electron chi connectivity index (χ1n) is 13.0. The van der Waals surface area contributed by atoms with Crippen LogP contribution in [0.4, 0.5) is 10.5 Å². The minimum absolute atomic E-state index is 0.178. The van der Waals surface area contributed by atoms with E-state index in [1.807, 2.05) is 0 Å². The van der Waals surface area contributed by atoms with Crippen molar-refractivity contribution in [3.63, 3.8) is 0 Å². The molecule has 2 aromatic carbocycles. The molecule has 13 heteroatoms. The van der Waals surface area contributed by atoms with Crippen LogP contribution < -0.4 is 23.8 Å². The Morgan fingerprint density at radius 2 is 1.69 bits per heavy atom. The van der Waals surface area contributed by atoms with Crippen molar-refractivity contribution >= 4 is 61.4 Å². The molecule has 222 valence electrons. The molecule has 0 fully saturated rings. The average Bonchev–Trinajstić information content (AvgIpc) is 3.67. The van der Waals surface area contributed by atoms with Gasteiger partial charge in [-0.05, 0) is 24.6 Å². The van der Waals surface area contributed by atoms with Crippen molar-refractivity contribution in [2.45, 2.75) is 12.8 Å². The normalized spacial score (nSPS) is 14.2. The molecular weight excluding hydrogens is 612 g/mol. The number of carbonyl (C=O) groups is 3. The predicted octanol–water partition coefficient (Wildman–Crippen LogP) is 4.97. The Kier molecular flexibility index (Phi) is 7.71. The smallest absolute Gasteiger partial charge is 0.414 e. The molecule has 3 heterocycles. The summed E-state index contributed by atoms with van der Waals surface area (Å²) in [5, 5.41) is 1.75. The van der Waals surface area contributed by atoms with Gasteiger partial charge in [-0.1, -0.05) is 15.9 Å². The number of alkyl halides is 1. The van der Waals surface area contributed by atoms with Gasteiger partial charge in [-0.25, -0.2) is 9.59 Å². The molecule has 4 aromatic rings. The van der Waals surface area contributed by atoms with Crippen molar-refractivity contribution in [3.8, 4) is 23.0 Å². The molecule has 0 aliphatic carbocycles. The summed E-state index contributed by atoms with van der Waals surface area (Å²) in [6.45, 7) is 2.06. The van der Waals surface area contributed by atoms with Crippen molar-refractivity contribution in [2.75, 3.05) is 59.3 Å². The van der Waals surface area contributed by atoms with Crippen molar-refractivity contribution in [3.05, 3.63) is 40.7 Å². The van der Waals surface area contributed by atoms with Gasteiger partial charge in [0.05, 0.1) is 50.7 Å². The number of rotatable bonds is 7. The zero-order valence-corrected chi connectivity index (χ0v) is 25.8. The minimum atomic E-state index is -0.610. The van der Waals surface area contributed by atoms with E-state index >= 15 is 0 Å². The highest BCUT2D eigenvalue weighted by Gasteiger charge is 2.38. The predicted molar refractivity (Wildman–Crippen MR) is 160 cm³/mol. The van der Waals surface area contributed by atoms with Gasteiger partial charge in [-0.2, -0.15) is 0 Å². The van der Waals surface area contributed by atoms with Crippen molar-refractivity contribution < 1.29 is 38.1 Å². The largest absolute Gasteiger partial charge is 0.493 e. The van der Waals surface area contributed by atoms with Gasteiger partial charge in [0.1, 0.15) is 5.69 Å². The molecule has 0 saturated heterocycles. The van der Waals surface area contributed by atoms with Crippen LogP contribution in [0, 0.1) is 6.92 Å². The summed E-state index contributed by atoms with van der Waals surface area (Å²) >= 11 is 3.60. The van der Waals surface area contributed by atoms with Gasteiger partial charge in [0.15, 0.2) is 17.2 Å². The van der Waals surface area contributed by atoms with Crippen LogP contribution in [0.25, 0.3) is 21.8 Å². The molecule has 1 atom stereocenters. The number of aryl methyl sites for hydroxylation is 1. The number of nitrogens with zero attached hydrogens (tertiary/aromatic N) is 2. The average molecular weight is 643 g/mol. The number of anilines is 1. The Balaban J connectivity index is 1.72. The van der Waals surface area contributed by atoms with Gasteiger partial charge >= 0.3 is 12.1 Å². The third-order valence-electron chi connectivity index (χ3n) is 7.38. The number of halogens is 1. The number of aromatic nitrogens is 2. The first-order chi connectivity index (χ1) is 20.1. The third kappa shape index (κ3) is 4.48. The Morgan fingerprint density at radius 3 is 2.29 bits per heavy atom. The van der Waals surface area contributed by atoms with E-state index in [0.717, 1.165) is 5.56 Å². The summed E-state index contributed by atoms with van der Waals surface area (Å²) in [6, 6.07) is 5.14. The van der Waals surface area contributed by atoms with E-state index in [9.17, 15) is 14.4 Å². The lowest BCUT2D eigenvalue weighted by molar-refractivity contribution is 0.0602. The van der Waals surface area contributed by atoms with Gasteiger partial charge in [0, 0.05) is 54.4 Å². The highest BCUT2D eigenvalue weighted by atomic mass is 79.9. The second-order valence-corrected chi connectivity index (χ2v) is 10.6. The fourth-order valence-electron chi connectivity index (χ4n) is 5.47. The van der Waals surface area contributed by atoms with Crippen LogP contribution in [0.2, 0.25) is 0 Å². The summed E-state index contributed by atoms with van der Waals surface area (Å²) < 4.78 is 27.4. The van der Waals surface area contributed by atoms with E-state index in [4.69, 9.17) is 23.7 Å². The quantitative estimate of drug-likeness (QED) is 0.213. The molecule has 12 nitrogen and oxygen atoms in total. The molecule has 0 saturated carbocycles. The summed E-state index contributed by atoms with van der Waals surface area (Å²) in [5.74, 6) is 0.388. The first-order valence-corrected chi connectivity index (χ1v) is 14.1. The van der Waals surface area contributed by atoms with Gasteiger partial charge in [-0.3, -0.25) is 4.79 Å². The molecule has 0 spiro atoms. The van der Waals surface area contributed by atoms with E-state index in [-0.39, 0.29) is 17.6 Å². The maximum Gasteiger partial charge on any atom is 0.414 e. The highest BCUT2D eigenvalue weighted by molar-refractivity contribution is 9.09. The van der Waals surface area contributed by atoms with Crippen LogP contribution in [-0.4, -0.2) is 87.2 Å².